The van der Waals surface area contributed by atoms with Crippen LogP contribution >= 0.6 is 0 Å². The third-order valence-corrected chi connectivity index (χ3v) is 14.5. The number of nitrogens with zero attached hydrogens (tertiary/aromatic N) is 1. The van der Waals surface area contributed by atoms with Gasteiger partial charge in [0.15, 0.2) is 0 Å². The second-order valence-electron chi connectivity index (χ2n) is 17.9. The van der Waals surface area contributed by atoms with Gasteiger partial charge in [-0.2, -0.15) is 0 Å². The van der Waals surface area contributed by atoms with Crippen LogP contribution in [0.15, 0.2) is 253 Å². The van der Waals surface area contributed by atoms with Gasteiger partial charge in [0.2, 0.25) is 0 Å². The Balaban J connectivity index is 0.889. The summed E-state index contributed by atoms with van der Waals surface area (Å²) in [4.78, 5) is 2.47. The van der Waals surface area contributed by atoms with Crippen molar-refractivity contribution in [3.05, 3.63) is 271 Å². The first-order valence-corrected chi connectivity index (χ1v) is 23.2. The van der Waals surface area contributed by atoms with E-state index < -0.39 is 5.41 Å². The van der Waals surface area contributed by atoms with Crippen molar-refractivity contribution in [2.24, 2.45) is 0 Å². The zero-order valence-electron chi connectivity index (χ0n) is 36.5. The second kappa shape index (κ2) is 14.7. The molecule has 1 aromatic heterocycles. The average Bonchev–Trinajstić information content (AvgIpc) is 4.04. The van der Waals surface area contributed by atoms with Crippen LogP contribution in [0.2, 0.25) is 0 Å². The van der Waals surface area contributed by atoms with Crippen LogP contribution in [0.1, 0.15) is 22.3 Å². The van der Waals surface area contributed by atoms with Crippen molar-refractivity contribution in [3.63, 3.8) is 0 Å². The van der Waals surface area contributed by atoms with Gasteiger partial charge >= 0.3 is 0 Å². The summed E-state index contributed by atoms with van der Waals surface area (Å²) < 4.78 is 6.55. The van der Waals surface area contributed by atoms with E-state index in [0.29, 0.717) is 0 Å². The quantitative estimate of drug-likeness (QED) is 0.166. The van der Waals surface area contributed by atoms with Gasteiger partial charge in [0, 0.05) is 16.6 Å². The Bertz CT molecular complexity index is 3870. The Kier molecular flexibility index (Phi) is 8.23. The number of rotatable bonds is 6. The number of furan rings is 1. The van der Waals surface area contributed by atoms with Gasteiger partial charge in [-0.15, -0.1) is 0 Å². The number of para-hydroxylation sites is 1. The molecule has 0 N–H and O–H groups in total. The molecule has 2 nitrogen and oxygen atoms in total. The highest BCUT2D eigenvalue weighted by molar-refractivity contribution is 6.14. The highest BCUT2D eigenvalue weighted by atomic mass is 16.3. The molecule has 14 rings (SSSR count). The molecule has 2 heteroatoms. The molecule has 0 radical (unpaired) electrons. The summed E-state index contributed by atoms with van der Waals surface area (Å²) in [6, 6.07) is 91.2. The van der Waals surface area contributed by atoms with Crippen LogP contribution in [-0.2, 0) is 5.41 Å². The predicted molar refractivity (Wildman–Crippen MR) is 279 cm³/mol. The molecule has 0 unspecified atom stereocenters. The van der Waals surface area contributed by atoms with Crippen LogP contribution in [0.3, 0.4) is 0 Å². The summed E-state index contributed by atoms with van der Waals surface area (Å²) >= 11 is 0. The minimum absolute atomic E-state index is 0.454. The SMILES string of the molecule is c1ccc2c(c1)-c1ccccc1C21c2ccccc2-c2c(N(c3ccc(-c4ccc(-c5ccc(-c6ccc7ccccc7c6)cc5)cc4)cc3)c3cccc4oc5ccccc5c34)cccc21. The minimum atomic E-state index is -0.454. The molecular weight excluding hydrogens is 811 g/mol. The van der Waals surface area contributed by atoms with Gasteiger partial charge in [0.05, 0.1) is 22.2 Å². The van der Waals surface area contributed by atoms with E-state index >= 15 is 0 Å². The molecule has 1 heterocycles. The number of benzene rings is 11. The normalized spacial score (nSPS) is 12.9. The third kappa shape index (κ3) is 5.57. The molecule has 0 saturated carbocycles. The maximum absolute atomic E-state index is 6.55. The van der Waals surface area contributed by atoms with Gasteiger partial charge in [-0.25, -0.2) is 0 Å². The van der Waals surface area contributed by atoms with E-state index in [1.54, 1.807) is 0 Å². The maximum Gasteiger partial charge on any atom is 0.137 e. The number of hydrogen-bond acceptors (Lipinski definition) is 2. The van der Waals surface area contributed by atoms with Crippen molar-refractivity contribution >= 4 is 49.8 Å². The van der Waals surface area contributed by atoms with Gasteiger partial charge in [0.1, 0.15) is 11.2 Å². The van der Waals surface area contributed by atoms with Gasteiger partial charge in [0.25, 0.3) is 0 Å². The van der Waals surface area contributed by atoms with Gasteiger partial charge in [-0.1, -0.05) is 206 Å². The molecule has 0 aliphatic heterocycles. The molecule has 312 valence electrons. The van der Waals surface area contributed by atoms with E-state index in [9.17, 15) is 0 Å². The molecule has 1 spiro atoms. The van der Waals surface area contributed by atoms with Crippen LogP contribution in [0.5, 0.6) is 0 Å². The molecule has 2 aliphatic rings. The van der Waals surface area contributed by atoms with E-state index in [4.69, 9.17) is 4.42 Å². The van der Waals surface area contributed by atoms with Crippen molar-refractivity contribution in [3.8, 4) is 55.6 Å². The second-order valence-corrected chi connectivity index (χ2v) is 17.9. The number of anilines is 3. The minimum Gasteiger partial charge on any atom is -0.456 e. The molecule has 12 aromatic rings. The Morgan fingerprint density at radius 3 is 1.45 bits per heavy atom. The van der Waals surface area contributed by atoms with Crippen molar-refractivity contribution in [2.45, 2.75) is 5.41 Å². The highest BCUT2D eigenvalue weighted by Gasteiger charge is 2.52. The Morgan fingerprint density at radius 2 is 0.776 bits per heavy atom. The van der Waals surface area contributed by atoms with Crippen LogP contribution in [0, 0.1) is 0 Å². The van der Waals surface area contributed by atoms with Gasteiger partial charge in [-0.3, -0.25) is 0 Å². The summed E-state index contributed by atoms with van der Waals surface area (Å²) in [5.74, 6) is 0. The lowest BCUT2D eigenvalue weighted by Gasteiger charge is -2.32. The summed E-state index contributed by atoms with van der Waals surface area (Å²) in [5.41, 5.74) is 22.2. The third-order valence-electron chi connectivity index (χ3n) is 14.5. The van der Waals surface area contributed by atoms with E-state index in [1.807, 2.05) is 6.07 Å². The largest absolute Gasteiger partial charge is 0.456 e. The maximum atomic E-state index is 6.55. The fraction of sp³-hybridized carbons (Fsp3) is 0.0154. The van der Waals surface area contributed by atoms with Crippen LogP contribution in [0.4, 0.5) is 17.1 Å². The van der Waals surface area contributed by atoms with Crippen molar-refractivity contribution in [1.29, 1.82) is 0 Å². The van der Waals surface area contributed by atoms with Crippen molar-refractivity contribution in [1.82, 2.24) is 0 Å². The highest BCUT2D eigenvalue weighted by Crippen LogP contribution is 2.65. The van der Waals surface area contributed by atoms with E-state index in [0.717, 1.165) is 44.6 Å². The lowest BCUT2D eigenvalue weighted by Crippen LogP contribution is -2.26. The summed E-state index contributed by atoms with van der Waals surface area (Å²) in [5, 5.41) is 4.71. The van der Waals surface area contributed by atoms with E-state index in [1.165, 1.54) is 83.1 Å². The summed E-state index contributed by atoms with van der Waals surface area (Å²) in [6.07, 6.45) is 0. The lowest BCUT2D eigenvalue weighted by atomic mass is 9.70. The Labute approximate surface area is 389 Å². The zero-order valence-corrected chi connectivity index (χ0v) is 36.5. The molecular formula is C65H41NO. The molecule has 0 bridgehead atoms. The molecule has 11 aromatic carbocycles. The first-order valence-electron chi connectivity index (χ1n) is 23.2. The summed E-state index contributed by atoms with van der Waals surface area (Å²) in [6.45, 7) is 0. The fourth-order valence-electron chi connectivity index (χ4n) is 11.5. The fourth-order valence-corrected chi connectivity index (χ4v) is 11.5. The standard InChI is InChI=1S/C65H41NO/c1-2-14-48-41-49(36-35-42(48)13-1)47-33-31-44(32-34-47)43-27-29-45(30-28-43)46-37-39-50(40-38-46)66(60-24-12-26-62-64(60)54-18-6-10-25-61(54)67-62)59-23-11-22-58-63(59)53-17-5-9-21-57(53)65(58)55-19-7-3-15-51(55)52-16-4-8-20-56(52)65/h1-41H. The number of fused-ring (bicyclic) bond motifs is 14. The Morgan fingerprint density at radius 1 is 0.313 bits per heavy atom. The van der Waals surface area contributed by atoms with Crippen LogP contribution < -0.4 is 4.90 Å². The topological polar surface area (TPSA) is 16.4 Å². The first-order chi connectivity index (χ1) is 33.2. The zero-order chi connectivity index (χ0) is 44.1. The van der Waals surface area contributed by atoms with Crippen LogP contribution in [-0.4, -0.2) is 0 Å². The number of hydrogen-bond donors (Lipinski definition) is 0. The lowest BCUT2D eigenvalue weighted by molar-refractivity contribution is 0.669. The van der Waals surface area contributed by atoms with E-state index in [-0.39, 0.29) is 0 Å². The van der Waals surface area contributed by atoms with Crippen molar-refractivity contribution < 1.29 is 4.42 Å². The molecule has 2 aliphatic carbocycles. The average molecular weight is 852 g/mol. The molecule has 0 amide bonds. The molecule has 67 heavy (non-hydrogen) atoms. The van der Waals surface area contributed by atoms with E-state index in [2.05, 4.69) is 248 Å². The van der Waals surface area contributed by atoms with Gasteiger partial charge in [-0.05, 0) is 126 Å². The smallest absolute Gasteiger partial charge is 0.137 e. The first kappa shape index (κ1) is 37.6. The van der Waals surface area contributed by atoms with Gasteiger partial charge < -0.3 is 9.32 Å². The molecule has 0 saturated heterocycles. The Hall–Kier alpha value is -8.72. The molecule has 0 atom stereocenters. The van der Waals surface area contributed by atoms with Crippen molar-refractivity contribution in [2.75, 3.05) is 4.90 Å². The monoisotopic (exact) mass is 851 g/mol. The predicted octanol–water partition coefficient (Wildman–Crippen LogP) is 17.6. The summed E-state index contributed by atoms with van der Waals surface area (Å²) in [7, 11) is 0. The molecule has 0 fully saturated rings. The van der Waals surface area contributed by atoms with Crippen LogP contribution in [0.25, 0.3) is 88.3 Å².